The van der Waals surface area contributed by atoms with Crippen LogP contribution in [0.3, 0.4) is 0 Å². The van der Waals surface area contributed by atoms with Gasteiger partial charge in [-0.15, -0.1) is 0 Å². The van der Waals surface area contributed by atoms with E-state index in [0.29, 0.717) is 13.2 Å². The Hall–Kier alpha value is -0.120. The average molecular weight is 120 g/mol. The summed E-state index contributed by atoms with van der Waals surface area (Å²) in [5, 5.41) is 10.1. The van der Waals surface area contributed by atoms with Gasteiger partial charge in [0, 0.05) is 13.7 Å². The van der Waals surface area contributed by atoms with E-state index in [2.05, 4.69) is 4.74 Å². The first kappa shape index (κ1) is 6.01. The lowest BCUT2D eigenvalue weighted by Gasteiger charge is -2.06. The molecule has 0 amide bonds. The number of likely N-dealkylation sites (N-methyl/N-ethyl adjacent to an activating group) is 1. The van der Waals surface area contributed by atoms with Crippen molar-refractivity contribution in [3.05, 3.63) is 0 Å². The third-order valence-corrected chi connectivity index (χ3v) is 0.752. The highest BCUT2D eigenvalue weighted by Crippen LogP contribution is 1.78. The fourth-order valence-electron chi connectivity index (χ4n) is 0.456. The summed E-state index contributed by atoms with van der Waals surface area (Å²) in [5.41, 5.74) is 0. The predicted molar refractivity (Wildman–Crippen MR) is 31.8 cm³/mol. The molecule has 0 aromatic carbocycles. The van der Waals surface area contributed by atoms with Crippen LogP contribution in [0, 0.1) is 0 Å². The molecule has 0 saturated heterocycles. The maximum atomic E-state index is 8.93. The molecule has 3 nitrogen and oxygen atoms in total. The van der Waals surface area contributed by atoms with Gasteiger partial charge in [-0.05, 0) is 7.05 Å². The van der Waals surface area contributed by atoms with Crippen molar-refractivity contribution < 1.29 is 11.3 Å². The Balaban J connectivity index is 3.15. The van der Waals surface area contributed by atoms with Gasteiger partial charge in [-0.25, -0.2) is 0 Å². The van der Waals surface area contributed by atoms with Crippen molar-refractivity contribution in [2.24, 2.45) is 0 Å². The lowest BCUT2D eigenvalue weighted by molar-refractivity contribution is 0.0658. The molecule has 0 saturated carbocycles. The van der Waals surface area contributed by atoms with E-state index in [1.807, 2.05) is 0 Å². The number of aliphatic hydroxyl groups excluding tert-OH is 1. The zero-order chi connectivity index (χ0) is 7.28. The molecule has 0 rings (SSSR count). The maximum Gasteiger partial charge on any atom is 0.122 e. The van der Waals surface area contributed by atoms with E-state index in [9.17, 15) is 0 Å². The minimum Gasteiger partial charge on any atom is -0.389 e. The number of hydrogen-bond donors (Lipinski definition) is 2. The summed E-state index contributed by atoms with van der Waals surface area (Å²) in [6.07, 6.45) is -0.544. The number of ether oxygens (including phenoxy) is 1. The number of nitrogens with one attached hydrogen (secondary N) is 1. The van der Waals surface area contributed by atoms with Gasteiger partial charge in [0.2, 0.25) is 0 Å². The standard InChI is InChI=1S/C5H13NO2/c1-6-3-5(7)4-8-2/h5-7H,3-4H2,1-2H3/i/hD. The van der Waals surface area contributed by atoms with Crippen molar-refractivity contribution in [3.8, 4) is 0 Å². The third kappa shape index (κ3) is 4.05. The molecular weight excluding hydrogens is 106 g/mol. The van der Waals surface area contributed by atoms with Crippen LogP contribution in [-0.2, 0) is 4.74 Å². The Morgan fingerprint density at radius 1 is 2.00 bits per heavy atom. The number of rotatable bonds is 4. The second-order valence-corrected chi connectivity index (χ2v) is 1.61. The molecule has 0 fully saturated rings. The SMILES string of the molecule is [2H]N(C)CC(O)COC. The van der Waals surface area contributed by atoms with Crippen molar-refractivity contribution in [3.63, 3.8) is 0 Å². The average Bonchev–Trinajstić information content (AvgIpc) is 1.63. The topological polar surface area (TPSA) is 41.5 Å². The molecule has 0 spiro atoms. The van der Waals surface area contributed by atoms with Crippen LogP contribution < -0.4 is 5.31 Å². The summed E-state index contributed by atoms with van der Waals surface area (Å²) in [6.45, 7) is 0.622. The van der Waals surface area contributed by atoms with Gasteiger partial charge in [-0.1, -0.05) is 0 Å². The van der Waals surface area contributed by atoms with Crippen LogP contribution in [0.2, 0.25) is 1.41 Å². The van der Waals surface area contributed by atoms with Crippen molar-refractivity contribution in [1.82, 2.24) is 5.31 Å². The van der Waals surface area contributed by atoms with Gasteiger partial charge in [-0.3, -0.25) is 0 Å². The first-order valence-corrected chi connectivity index (χ1v) is 2.54. The molecule has 0 aromatic heterocycles. The number of aliphatic hydroxyl groups is 1. The predicted octanol–water partition coefficient (Wildman–Crippen LogP) is -0.787. The zero-order valence-corrected chi connectivity index (χ0v) is 5.29. The fraction of sp³-hybridized carbons (Fsp3) is 1.00. The quantitative estimate of drug-likeness (QED) is 0.511. The van der Waals surface area contributed by atoms with Crippen LogP contribution in [0.4, 0.5) is 0 Å². The van der Waals surface area contributed by atoms with Gasteiger partial charge in [0.05, 0.1) is 12.7 Å². The van der Waals surface area contributed by atoms with Crippen molar-refractivity contribution in [2.75, 3.05) is 27.3 Å². The van der Waals surface area contributed by atoms with Crippen LogP contribution in [-0.4, -0.2) is 38.5 Å². The Kier molecular flexibility index (Phi) is 3.77. The molecule has 2 N–H and O–H groups in total. The van der Waals surface area contributed by atoms with E-state index < -0.39 is 6.10 Å². The largest absolute Gasteiger partial charge is 0.389 e. The molecule has 0 aliphatic carbocycles. The van der Waals surface area contributed by atoms with Crippen molar-refractivity contribution >= 4 is 0 Å². The molecule has 0 heterocycles. The molecule has 50 valence electrons. The van der Waals surface area contributed by atoms with Gasteiger partial charge >= 0.3 is 0 Å². The molecule has 0 bridgehead atoms. The molecular formula is C5H13NO2. The lowest BCUT2D eigenvalue weighted by atomic mass is 10.4. The van der Waals surface area contributed by atoms with Crippen LogP contribution in [0.5, 0.6) is 0 Å². The minimum absolute atomic E-state index is 0.295. The molecule has 0 radical (unpaired) electrons. The molecule has 0 aliphatic heterocycles. The van der Waals surface area contributed by atoms with E-state index in [1.54, 1.807) is 7.05 Å². The van der Waals surface area contributed by atoms with Crippen molar-refractivity contribution in [2.45, 2.75) is 6.10 Å². The minimum atomic E-state index is -0.544. The molecule has 0 aliphatic rings. The van der Waals surface area contributed by atoms with Gasteiger partial charge in [-0.2, -0.15) is 0 Å². The second-order valence-electron chi connectivity index (χ2n) is 1.61. The second kappa shape index (κ2) is 5.03. The summed E-state index contributed by atoms with van der Waals surface area (Å²) in [7, 11) is 3.10. The summed E-state index contributed by atoms with van der Waals surface area (Å²) >= 11 is 0. The Morgan fingerprint density at radius 3 is 3.00 bits per heavy atom. The molecule has 8 heavy (non-hydrogen) atoms. The molecule has 3 heteroatoms. The number of hydrogen-bond acceptors (Lipinski definition) is 3. The highest BCUT2D eigenvalue weighted by molar-refractivity contribution is 4.53. The Bertz CT molecular complexity index is 70.0. The van der Waals surface area contributed by atoms with E-state index in [4.69, 9.17) is 6.52 Å². The van der Waals surface area contributed by atoms with E-state index >= 15 is 0 Å². The summed E-state index contributed by atoms with van der Waals surface area (Å²) in [5.74, 6) is 0. The first-order chi connectivity index (χ1) is 4.16. The smallest absolute Gasteiger partial charge is 0.122 e. The monoisotopic (exact) mass is 120 g/mol. The maximum absolute atomic E-state index is 8.93. The van der Waals surface area contributed by atoms with Crippen LogP contribution >= 0.6 is 0 Å². The van der Waals surface area contributed by atoms with E-state index in [1.165, 1.54) is 12.4 Å². The summed E-state index contributed by atoms with van der Waals surface area (Å²) in [4.78, 5) is 0. The molecule has 1 unspecified atom stereocenters. The fourth-order valence-corrected chi connectivity index (χ4v) is 0.456. The van der Waals surface area contributed by atoms with E-state index in [0.717, 1.165) is 0 Å². The summed E-state index contributed by atoms with van der Waals surface area (Å²) < 4.78 is 11.5. The van der Waals surface area contributed by atoms with Gasteiger partial charge in [0.25, 0.3) is 0 Å². The van der Waals surface area contributed by atoms with Crippen LogP contribution in [0.25, 0.3) is 0 Å². The molecule has 1 atom stereocenters. The van der Waals surface area contributed by atoms with Crippen LogP contribution in [0.15, 0.2) is 0 Å². The zero-order valence-electron chi connectivity index (χ0n) is 6.29. The lowest BCUT2D eigenvalue weighted by Crippen LogP contribution is -2.27. The molecule has 0 aromatic rings. The number of methoxy groups -OCH3 is 1. The third-order valence-electron chi connectivity index (χ3n) is 0.752. The van der Waals surface area contributed by atoms with Gasteiger partial charge in [0.15, 0.2) is 0 Å². The van der Waals surface area contributed by atoms with E-state index in [-0.39, 0.29) is 0 Å². The highest BCUT2D eigenvalue weighted by atomic mass is 16.5. The first-order valence-electron chi connectivity index (χ1n) is 2.98. The Morgan fingerprint density at radius 2 is 2.62 bits per heavy atom. The van der Waals surface area contributed by atoms with Gasteiger partial charge in [0.1, 0.15) is 1.41 Å². The van der Waals surface area contributed by atoms with Gasteiger partial charge < -0.3 is 15.2 Å². The summed E-state index contributed by atoms with van der Waals surface area (Å²) in [6, 6.07) is 0. The van der Waals surface area contributed by atoms with Crippen molar-refractivity contribution in [1.29, 1.82) is 0 Å². The Labute approximate surface area is 51.1 Å². The normalized spacial score (nSPS) is 16.2. The van der Waals surface area contributed by atoms with Crippen LogP contribution in [0.1, 0.15) is 0 Å². The highest BCUT2D eigenvalue weighted by Gasteiger charge is 1.98.